The monoisotopic (exact) mass is 522 g/mol. The van der Waals surface area contributed by atoms with Gasteiger partial charge in [0.2, 0.25) is 5.91 Å². The molecular weight excluding hydrogens is 483 g/mol. The predicted octanol–water partition coefficient (Wildman–Crippen LogP) is 2.53. The van der Waals surface area contributed by atoms with Gasteiger partial charge in [0.1, 0.15) is 6.54 Å². The third-order valence-corrected chi connectivity index (χ3v) is 6.64. The summed E-state index contributed by atoms with van der Waals surface area (Å²) >= 11 is 0. The smallest absolute Gasteiger partial charge is 0.243 e. The Morgan fingerprint density at radius 3 is 2.62 bits per heavy atom. The van der Waals surface area contributed by atoms with Gasteiger partial charge in [-0.1, -0.05) is 12.8 Å². The van der Waals surface area contributed by atoms with Gasteiger partial charge in [-0.05, 0) is 45.4 Å². The van der Waals surface area contributed by atoms with E-state index in [4.69, 9.17) is 9.47 Å². The maximum Gasteiger partial charge on any atom is 0.243 e. The zero-order chi connectivity index (χ0) is 20.0. The first kappa shape index (κ1) is 24.7. The Morgan fingerprint density at radius 2 is 2.00 bits per heavy atom. The number of nitrogens with one attached hydrogen (secondary N) is 2. The summed E-state index contributed by atoms with van der Waals surface area (Å²) in [7, 11) is 3.53. The average Bonchev–Trinajstić information content (AvgIpc) is 3.22. The molecule has 29 heavy (non-hydrogen) atoms. The lowest BCUT2D eigenvalue weighted by molar-refractivity contribution is -0.127. The van der Waals surface area contributed by atoms with Crippen LogP contribution in [0.1, 0.15) is 58.3 Å². The van der Waals surface area contributed by atoms with Crippen molar-refractivity contribution in [3.63, 3.8) is 0 Å². The molecule has 3 atom stereocenters. The molecule has 3 unspecified atom stereocenters. The summed E-state index contributed by atoms with van der Waals surface area (Å²) in [6.07, 6.45) is 10.0. The first-order valence-corrected chi connectivity index (χ1v) is 11.0. The van der Waals surface area contributed by atoms with Crippen LogP contribution in [0.5, 0.6) is 0 Å². The van der Waals surface area contributed by atoms with E-state index in [0.29, 0.717) is 12.1 Å². The Morgan fingerprint density at radius 1 is 1.24 bits per heavy atom. The normalized spacial score (nSPS) is 28.4. The number of guanidine groups is 1. The summed E-state index contributed by atoms with van der Waals surface area (Å²) in [6, 6.07) is 0.361. The largest absolute Gasteiger partial charge is 0.378 e. The molecule has 0 aromatic rings. The molecule has 2 aliphatic carbocycles. The van der Waals surface area contributed by atoms with Gasteiger partial charge in [-0.2, -0.15) is 0 Å². The number of halogens is 1. The minimum Gasteiger partial charge on any atom is -0.378 e. The van der Waals surface area contributed by atoms with E-state index in [0.717, 1.165) is 45.0 Å². The topological polar surface area (TPSA) is 75.2 Å². The van der Waals surface area contributed by atoms with Crippen molar-refractivity contribution in [1.29, 1.82) is 0 Å². The quantitative estimate of drug-likeness (QED) is 0.306. The molecule has 0 aromatic heterocycles. The minimum absolute atomic E-state index is 0. The number of hydrogen-bond donors (Lipinski definition) is 2. The van der Waals surface area contributed by atoms with Gasteiger partial charge in [-0.3, -0.25) is 4.79 Å². The highest BCUT2D eigenvalue weighted by Gasteiger charge is 2.57. The second-order valence-corrected chi connectivity index (χ2v) is 8.64. The lowest BCUT2D eigenvalue weighted by atomic mass is 9.60. The molecule has 1 saturated heterocycles. The second kappa shape index (κ2) is 11.7. The molecular formula is C21H39IN4O3. The number of hydrogen-bond acceptors (Lipinski definition) is 4. The van der Waals surface area contributed by atoms with E-state index < -0.39 is 0 Å². The van der Waals surface area contributed by atoms with Crippen LogP contribution in [0.3, 0.4) is 0 Å². The number of carbonyl (C=O) groups is 1. The van der Waals surface area contributed by atoms with Crippen molar-refractivity contribution in [2.45, 2.75) is 76.5 Å². The van der Waals surface area contributed by atoms with Crippen molar-refractivity contribution in [3.05, 3.63) is 0 Å². The van der Waals surface area contributed by atoms with Crippen molar-refractivity contribution in [1.82, 2.24) is 15.5 Å². The number of amides is 1. The highest BCUT2D eigenvalue weighted by molar-refractivity contribution is 14.0. The summed E-state index contributed by atoms with van der Waals surface area (Å²) in [4.78, 5) is 18.2. The zero-order valence-electron chi connectivity index (χ0n) is 18.2. The van der Waals surface area contributed by atoms with Crippen LogP contribution in [0.4, 0.5) is 0 Å². The molecule has 1 aliphatic heterocycles. The molecule has 7 nitrogen and oxygen atoms in total. The molecule has 0 radical (unpaired) electrons. The van der Waals surface area contributed by atoms with Crippen molar-refractivity contribution >= 4 is 35.8 Å². The summed E-state index contributed by atoms with van der Waals surface area (Å²) in [5.74, 6) is 0.738. The van der Waals surface area contributed by atoms with E-state index in [9.17, 15) is 4.79 Å². The number of aliphatic imine (C=N–C) groups is 1. The maximum atomic E-state index is 12.0. The molecule has 2 saturated carbocycles. The van der Waals surface area contributed by atoms with Crippen LogP contribution in [0.2, 0.25) is 0 Å². The molecule has 3 fully saturated rings. The number of nitrogens with zero attached hydrogens (tertiary/aromatic N) is 2. The lowest BCUT2D eigenvalue weighted by Gasteiger charge is -2.54. The Balaban J connectivity index is 0.00000300. The summed E-state index contributed by atoms with van der Waals surface area (Å²) in [6.45, 7) is 4.58. The van der Waals surface area contributed by atoms with Crippen molar-refractivity contribution in [2.24, 2.45) is 10.4 Å². The van der Waals surface area contributed by atoms with E-state index in [1.54, 1.807) is 19.0 Å². The van der Waals surface area contributed by atoms with Crippen molar-refractivity contribution in [2.75, 3.05) is 40.4 Å². The maximum absolute atomic E-state index is 12.0. The molecule has 8 heteroatoms. The molecule has 3 aliphatic rings. The fraction of sp³-hybridized carbons (Fsp3) is 0.905. The number of ether oxygens (including phenoxy) is 2. The average molecular weight is 522 g/mol. The van der Waals surface area contributed by atoms with E-state index in [1.165, 1.54) is 32.1 Å². The van der Waals surface area contributed by atoms with Crippen LogP contribution < -0.4 is 10.6 Å². The van der Waals surface area contributed by atoms with Crippen molar-refractivity contribution in [3.8, 4) is 0 Å². The summed E-state index contributed by atoms with van der Waals surface area (Å²) in [5.41, 5.74) is 0.228. The third kappa shape index (κ3) is 6.19. The van der Waals surface area contributed by atoms with E-state index >= 15 is 0 Å². The fourth-order valence-electron chi connectivity index (χ4n) is 4.87. The molecule has 0 bridgehead atoms. The number of rotatable bonds is 7. The first-order chi connectivity index (χ1) is 13.5. The Bertz CT molecular complexity index is 546. The van der Waals surface area contributed by atoms with Crippen LogP contribution in [0.15, 0.2) is 4.99 Å². The Kier molecular flexibility index (Phi) is 9.94. The van der Waals surface area contributed by atoms with Gasteiger partial charge in [0.25, 0.3) is 0 Å². The lowest BCUT2D eigenvalue weighted by Crippen LogP contribution is -2.65. The molecule has 1 spiro atoms. The molecule has 1 heterocycles. The van der Waals surface area contributed by atoms with Crippen LogP contribution in [-0.4, -0.2) is 75.4 Å². The minimum atomic E-state index is 0. The van der Waals surface area contributed by atoms with Crippen LogP contribution in [-0.2, 0) is 14.3 Å². The Labute approximate surface area is 192 Å². The van der Waals surface area contributed by atoms with E-state index in [2.05, 4.69) is 22.5 Å². The zero-order valence-corrected chi connectivity index (χ0v) is 20.6. The van der Waals surface area contributed by atoms with Gasteiger partial charge in [-0.15, -0.1) is 24.0 Å². The number of likely N-dealkylation sites (N-methyl/N-ethyl adjacent to an activating group) is 1. The molecule has 3 rings (SSSR count). The van der Waals surface area contributed by atoms with Crippen LogP contribution >= 0.6 is 24.0 Å². The van der Waals surface area contributed by atoms with Gasteiger partial charge in [-0.25, -0.2) is 4.99 Å². The second-order valence-electron chi connectivity index (χ2n) is 8.64. The van der Waals surface area contributed by atoms with Gasteiger partial charge < -0.3 is 25.0 Å². The highest BCUT2D eigenvalue weighted by atomic mass is 127. The first-order valence-electron chi connectivity index (χ1n) is 11.0. The molecule has 2 N–H and O–H groups in total. The van der Waals surface area contributed by atoms with E-state index in [1.807, 2.05) is 0 Å². The van der Waals surface area contributed by atoms with Gasteiger partial charge in [0.15, 0.2) is 5.96 Å². The Hall–Kier alpha value is -0.610. The standard InChI is InChI=1S/C21H38N4O3.HI/c1-4-27-18-13-17(21(18)10-6-7-11-21)24-20(23-15-19(26)25(2)3)22-14-16-9-5-8-12-28-16;/h16-18H,4-15H2,1-3H3,(H2,22,23,24);1H. The number of carbonyl (C=O) groups excluding carboxylic acids is 1. The predicted molar refractivity (Wildman–Crippen MR) is 126 cm³/mol. The molecule has 168 valence electrons. The fourth-order valence-corrected chi connectivity index (χ4v) is 4.87. The van der Waals surface area contributed by atoms with Gasteiger partial charge in [0, 0.05) is 45.3 Å². The van der Waals surface area contributed by atoms with E-state index in [-0.39, 0.29) is 47.9 Å². The van der Waals surface area contributed by atoms with Gasteiger partial charge >= 0.3 is 0 Å². The SMILES string of the molecule is CCOC1CC(NC(=NCC(=O)N(C)C)NCC2CCCCO2)C12CCCC2.I. The van der Waals surface area contributed by atoms with Gasteiger partial charge in [0.05, 0.1) is 12.2 Å². The van der Waals surface area contributed by atoms with Crippen LogP contribution in [0.25, 0.3) is 0 Å². The highest BCUT2D eigenvalue weighted by Crippen LogP contribution is 2.54. The van der Waals surface area contributed by atoms with Crippen molar-refractivity contribution < 1.29 is 14.3 Å². The summed E-state index contributed by atoms with van der Waals surface area (Å²) in [5, 5.41) is 7.08. The summed E-state index contributed by atoms with van der Waals surface area (Å²) < 4.78 is 11.9. The van der Waals surface area contributed by atoms with Crippen LogP contribution in [0, 0.1) is 5.41 Å². The molecule has 0 aromatic carbocycles. The third-order valence-electron chi connectivity index (χ3n) is 6.64. The molecule has 1 amide bonds.